The van der Waals surface area contributed by atoms with E-state index in [9.17, 15) is 9.90 Å². The quantitative estimate of drug-likeness (QED) is 0.716. The number of benzene rings is 1. The van der Waals surface area contributed by atoms with Crippen LogP contribution in [0.25, 0.3) is 22.6 Å². The molecular weight excluding hydrogens is 338 g/mol. The standard InChI is InChI=1S/C17H17N5O4/c23-12-3-1-2-11(8-12)15-19-16(21-4-6-26-7-5-21)14-17(20-15)22(10-18-14)9-13(24)25/h1-3,8,10,23H,4-7,9H2,(H,24,25). The summed E-state index contributed by atoms with van der Waals surface area (Å²) in [5.74, 6) is 0.177. The lowest BCUT2D eigenvalue weighted by molar-refractivity contribution is -0.137. The molecule has 0 saturated carbocycles. The summed E-state index contributed by atoms with van der Waals surface area (Å²) in [6.45, 7) is 2.26. The van der Waals surface area contributed by atoms with Crippen LogP contribution in [0.2, 0.25) is 0 Å². The second-order valence-electron chi connectivity index (χ2n) is 5.96. The minimum absolute atomic E-state index is 0.109. The lowest BCUT2D eigenvalue weighted by Gasteiger charge is -2.28. The molecule has 0 atom stereocenters. The largest absolute Gasteiger partial charge is 0.508 e. The Hall–Kier alpha value is -3.20. The van der Waals surface area contributed by atoms with Crippen LogP contribution < -0.4 is 4.90 Å². The molecule has 1 aliphatic rings. The average Bonchev–Trinajstić information content (AvgIpc) is 3.04. The fourth-order valence-corrected chi connectivity index (χ4v) is 2.96. The summed E-state index contributed by atoms with van der Waals surface area (Å²) in [5, 5.41) is 18.9. The van der Waals surface area contributed by atoms with Gasteiger partial charge in [-0.15, -0.1) is 0 Å². The molecule has 2 aromatic heterocycles. The number of anilines is 1. The number of imidazole rings is 1. The first-order chi connectivity index (χ1) is 12.6. The second kappa shape index (κ2) is 6.60. The number of hydrogen-bond acceptors (Lipinski definition) is 7. The molecule has 1 fully saturated rings. The van der Waals surface area contributed by atoms with Crippen molar-refractivity contribution in [3.8, 4) is 17.1 Å². The number of carboxylic acid groups (broad SMARTS) is 1. The molecule has 3 heterocycles. The molecule has 1 aromatic carbocycles. The highest BCUT2D eigenvalue weighted by atomic mass is 16.5. The molecule has 1 saturated heterocycles. The Kier molecular flexibility index (Phi) is 4.13. The molecule has 3 aromatic rings. The van der Waals surface area contributed by atoms with Gasteiger partial charge in [0.05, 0.1) is 19.5 Å². The Morgan fingerprint density at radius 1 is 1.23 bits per heavy atom. The number of phenolic OH excluding ortho intramolecular Hbond substituents is 1. The zero-order chi connectivity index (χ0) is 18.1. The second-order valence-corrected chi connectivity index (χ2v) is 5.96. The number of aliphatic carboxylic acids is 1. The number of aromatic nitrogens is 4. The van der Waals surface area contributed by atoms with Gasteiger partial charge in [-0.1, -0.05) is 12.1 Å². The zero-order valence-electron chi connectivity index (χ0n) is 13.9. The predicted molar refractivity (Wildman–Crippen MR) is 93.1 cm³/mol. The Morgan fingerprint density at radius 3 is 2.77 bits per heavy atom. The number of phenols is 1. The van der Waals surface area contributed by atoms with E-state index in [0.717, 1.165) is 0 Å². The van der Waals surface area contributed by atoms with Crippen molar-refractivity contribution >= 4 is 23.0 Å². The van der Waals surface area contributed by atoms with E-state index in [-0.39, 0.29) is 12.3 Å². The molecule has 0 spiro atoms. The minimum Gasteiger partial charge on any atom is -0.508 e. The highest BCUT2D eigenvalue weighted by Gasteiger charge is 2.21. The molecule has 26 heavy (non-hydrogen) atoms. The fourth-order valence-electron chi connectivity index (χ4n) is 2.96. The number of nitrogens with zero attached hydrogens (tertiary/aromatic N) is 5. The van der Waals surface area contributed by atoms with Gasteiger partial charge >= 0.3 is 5.97 Å². The first kappa shape index (κ1) is 16.3. The van der Waals surface area contributed by atoms with Crippen LogP contribution in [0, 0.1) is 0 Å². The number of morpholine rings is 1. The Labute approximate surface area is 148 Å². The molecule has 0 radical (unpaired) electrons. The van der Waals surface area contributed by atoms with Gasteiger partial charge < -0.3 is 24.4 Å². The van der Waals surface area contributed by atoms with Gasteiger partial charge in [0.25, 0.3) is 0 Å². The first-order valence-electron chi connectivity index (χ1n) is 8.18. The van der Waals surface area contributed by atoms with Crippen molar-refractivity contribution in [3.63, 3.8) is 0 Å². The first-order valence-corrected chi connectivity index (χ1v) is 8.18. The predicted octanol–water partition coefficient (Wildman–Crippen LogP) is 1.12. The Balaban J connectivity index is 1.90. The van der Waals surface area contributed by atoms with Crippen molar-refractivity contribution in [1.29, 1.82) is 0 Å². The van der Waals surface area contributed by atoms with Gasteiger partial charge in [0.1, 0.15) is 12.3 Å². The van der Waals surface area contributed by atoms with Crippen LogP contribution in [0.3, 0.4) is 0 Å². The topological polar surface area (TPSA) is 114 Å². The summed E-state index contributed by atoms with van der Waals surface area (Å²) >= 11 is 0. The summed E-state index contributed by atoms with van der Waals surface area (Å²) in [5.41, 5.74) is 1.64. The molecule has 9 nitrogen and oxygen atoms in total. The molecule has 2 N–H and O–H groups in total. The van der Waals surface area contributed by atoms with Gasteiger partial charge in [0, 0.05) is 18.7 Å². The van der Waals surface area contributed by atoms with E-state index in [1.165, 1.54) is 10.9 Å². The molecule has 0 unspecified atom stereocenters. The van der Waals surface area contributed by atoms with E-state index >= 15 is 0 Å². The van der Waals surface area contributed by atoms with E-state index in [0.29, 0.717) is 54.7 Å². The van der Waals surface area contributed by atoms with Crippen molar-refractivity contribution < 1.29 is 19.7 Å². The van der Waals surface area contributed by atoms with E-state index < -0.39 is 5.97 Å². The number of fused-ring (bicyclic) bond motifs is 1. The van der Waals surface area contributed by atoms with Crippen molar-refractivity contribution in [2.24, 2.45) is 0 Å². The molecular formula is C17H17N5O4. The van der Waals surface area contributed by atoms with Crippen molar-refractivity contribution in [2.75, 3.05) is 31.2 Å². The number of rotatable bonds is 4. The van der Waals surface area contributed by atoms with Crippen LogP contribution in [-0.4, -0.2) is 62.0 Å². The fraction of sp³-hybridized carbons (Fsp3) is 0.294. The molecule has 1 aliphatic heterocycles. The summed E-state index contributed by atoms with van der Waals surface area (Å²) in [7, 11) is 0. The van der Waals surface area contributed by atoms with Gasteiger partial charge in [0.2, 0.25) is 0 Å². The van der Waals surface area contributed by atoms with Crippen LogP contribution in [0.5, 0.6) is 5.75 Å². The number of carboxylic acids is 1. The number of hydrogen-bond donors (Lipinski definition) is 2. The number of carbonyl (C=O) groups is 1. The number of aromatic hydroxyl groups is 1. The Bertz CT molecular complexity index is 965. The SMILES string of the molecule is O=C(O)Cn1cnc2c(N3CCOCC3)nc(-c3cccc(O)c3)nc21. The third-order valence-electron chi connectivity index (χ3n) is 4.17. The lowest BCUT2D eigenvalue weighted by atomic mass is 10.2. The maximum Gasteiger partial charge on any atom is 0.323 e. The maximum absolute atomic E-state index is 11.1. The number of ether oxygens (including phenoxy) is 1. The summed E-state index contributed by atoms with van der Waals surface area (Å²) in [6, 6.07) is 6.64. The van der Waals surface area contributed by atoms with Crippen LogP contribution >= 0.6 is 0 Å². The molecule has 4 rings (SSSR count). The van der Waals surface area contributed by atoms with Gasteiger partial charge in [-0.05, 0) is 12.1 Å². The van der Waals surface area contributed by atoms with Gasteiger partial charge in [-0.25, -0.2) is 15.0 Å². The Morgan fingerprint density at radius 2 is 2.04 bits per heavy atom. The molecule has 0 aliphatic carbocycles. The summed E-state index contributed by atoms with van der Waals surface area (Å²) < 4.78 is 6.88. The van der Waals surface area contributed by atoms with Crippen LogP contribution in [0.4, 0.5) is 5.82 Å². The molecule has 0 amide bonds. The monoisotopic (exact) mass is 355 g/mol. The summed E-state index contributed by atoms with van der Waals surface area (Å²) in [6.07, 6.45) is 1.46. The third kappa shape index (κ3) is 3.04. The normalized spacial score (nSPS) is 14.7. The van der Waals surface area contributed by atoms with Crippen LogP contribution in [0.1, 0.15) is 0 Å². The van der Waals surface area contributed by atoms with Gasteiger partial charge in [-0.3, -0.25) is 4.79 Å². The van der Waals surface area contributed by atoms with E-state index in [1.54, 1.807) is 24.3 Å². The third-order valence-corrected chi connectivity index (χ3v) is 4.17. The van der Waals surface area contributed by atoms with Crippen LogP contribution in [0.15, 0.2) is 30.6 Å². The van der Waals surface area contributed by atoms with E-state index in [4.69, 9.17) is 9.84 Å². The maximum atomic E-state index is 11.1. The molecule has 9 heteroatoms. The molecule has 0 bridgehead atoms. The van der Waals surface area contributed by atoms with Crippen molar-refractivity contribution in [1.82, 2.24) is 19.5 Å². The minimum atomic E-state index is -0.977. The summed E-state index contributed by atoms with van der Waals surface area (Å²) in [4.78, 5) is 26.7. The average molecular weight is 355 g/mol. The van der Waals surface area contributed by atoms with Gasteiger partial charge in [-0.2, -0.15) is 0 Å². The van der Waals surface area contributed by atoms with E-state index in [1.807, 2.05) is 0 Å². The van der Waals surface area contributed by atoms with Crippen LogP contribution in [-0.2, 0) is 16.1 Å². The lowest BCUT2D eigenvalue weighted by Crippen LogP contribution is -2.37. The molecule has 134 valence electrons. The van der Waals surface area contributed by atoms with Gasteiger partial charge in [0.15, 0.2) is 22.8 Å². The smallest absolute Gasteiger partial charge is 0.323 e. The van der Waals surface area contributed by atoms with Crippen molar-refractivity contribution in [3.05, 3.63) is 30.6 Å². The highest BCUT2D eigenvalue weighted by molar-refractivity contribution is 5.86. The zero-order valence-corrected chi connectivity index (χ0v) is 13.9. The van der Waals surface area contributed by atoms with Crippen molar-refractivity contribution in [2.45, 2.75) is 6.54 Å². The highest BCUT2D eigenvalue weighted by Crippen LogP contribution is 2.28. The van der Waals surface area contributed by atoms with E-state index in [2.05, 4.69) is 19.9 Å².